The normalized spacial score (nSPS) is 20.6. The Labute approximate surface area is 285 Å². The summed E-state index contributed by atoms with van der Waals surface area (Å²) in [5.41, 5.74) is 1.34. The molecule has 3 aliphatic rings. The standard InChI is InChI=1S/C36H35F5N8O/c1-21-4-3-9-48(17-21)18-23-11-28-29(30(12-23)36(39,40)41)19-49(34(28)50)32-14-24(13-31(45-32)44-25-7-8-35(37,38)15-25)26-6-5-22(16-42)10-27(26)33-46-43-20-47(33)2/h5-6,10-14,20-21,25H,3-4,7-9,15,17-19H2,1-2H3,(H,44,45)/t21-,25?/m0/s1. The number of likely N-dealkylation sites (tertiary alicyclic amines) is 1. The minimum atomic E-state index is -4.70. The number of nitrogens with one attached hydrogen (secondary N) is 1. The molecule has 1 unspecified atom stereocenters. The first kappa shape index (κ1) is 33.6. The molecule has 9 nitrogen and oxygen atoms in total. The van der Waals surface area contributed by atoms with E-state index >= 15 is 0 Å². The van der Waals surface area contributed by atoms with E-state index < -0.39 is 36.0 Å². The highest BCUT2D eigenvalue weighted by molar-refractivity contribution is 6.10. The number of amides is 1. The molecule has 4 aromatic rings. The van der Waals surface area contributed by atoms with Crippen LogP contribution in [0.15, 0.2) is 48.8 Å². The number of fused-ring (bicyclic) bond motifs is 1. The highest BCUT2D eigenvalue weighted by Crippen LogP contribution is 2.42. The van der Waals surface area contributed by atoms with Gasteiger partial charge in [0.2, 0.25) is 5.92 Å². The number of hydrogen-bond donors (Lipinski definition) is 1. The second kappa shape index (κ2) is 12.8. The van der Waals surface area contributed by atoms with Crippen LogP contribution in [0.1, 0.15) is 71.6 Å². The van der Waals surface area contributed by atoms with E-state index in [1.807, 2.05) is 0 Å². The molecule has 2 atom stereocenters. The number of hydrogen-bond acceptors (Lipinski definition) is 7. The SMILES string of the molecule is C[C@H]1CCCN(Cc2cc3c(c(C(F)(F)F)c2)CN(c2cc(-c4ccc(C#N)cc4-c4nncn4C)cc(NC4CCC(F)(F)C4)n2)C3=O)C1. The molecule has 0 radical (unpaired) electrons. The fraction of sp³-hybridized carbons (Fsp3) is 0.417. The van der Waals surface area contributed by atoms with E-state index in [2.05, 4.69) is 38.4 Å². The van der Waals surface area contributed by atoms with Crippen LogP contribution in [0.25, 0.3) is 22.5 Å². The van der Waals surface area contributed by atoms with Crippen molar-refractivity contribution < 1.29 is 26.7 Å². The summed E-state index contributed by atoms with van der Waals surface area (Å²) in [5, 5.41) is 20.9. The summed E-state index contributed by atoms with van der Waals surface area (Å²) in [6.07, 6.45) is -1.68. The number of anilines is 2. The van der Waals surface area contributed by atoms with E-state index in [1.54, 1.807) is 48.0 Å². The predicted molar refractivity (Wildman–Crippen MR) is 176 cm³/mol. The van der Waals surface area contributed by atoms with Gasteiger partial charge in [0.25, 0.3) is 5.91 Å². The summed E-state index contributed by atoms with van der Waals surface area (Å²) in [6.45, 7) is 3.59. The van der Waals surface area contributed by atoms with Crippen LogP contribution in [0.5, 0.6) is 0 Å². The van der Waals surface area contributed by atoms with Crippen LogP contribution in [0, 0.1) is 17.2 Å². The van der Waals surface area contributed by atoms with Gasteiger partial charge >= 0.3 is 6.18 Å². The van der Waals surface area contributed by atoms with Crippen LogP contribution in [0.3, 0.4) is 0 Å². The monoisotopic (exact) mass is 690 g/mol. The Balaban J connectivity index is 1.31. The Hall–Kier alpha value is -4.90. The van der Waals surface area contributed by atoms with Crippen LogP contribution in [0.2, 0.25) is 0 Å². The van der Waals surface area contributed by atoms with Crippen molar-refractivity contribution in [2.75, 3.05) is 23.3 Å². The number of alkyl halides is 5. The summed E-state index contributed by atoms with van der Waals surface area (Å²) in [5.74, 6) is -2.35. The number of halogens is 5. The maximum absolute atomic E-state index is 14.6. The first-order chi connectivity index (χ1) is 23.8. The molecule has 7 rings (SSSR count). The van der Waals surface area contributed by atoms with Crippen molar-refractivity contribution in [3.05, 3.63) is 76.6 Å². The number of carbonyl (C=O) groups is 1. The second-order valence-electron chi connectivity index (χ2n) is 13.7. The van der Waals surface area contributed by atoms with E-state index in [1.165, 1.54) is 11.2 Å². The molecule has 2 aliphatic heterocycles. The van der Waals surface area contributed by atoms with Crippen LogP contribution < -0.4 is 10.2 Å². The van der Waals surface area contributed by atoms with Crippen molar-refractivity contribution >= 4 is 17.5 Å². The zero-order valence-electron chi connectivity index (χ0n) is 27.6. The maximum Gasteiger partial charge on any atom is 0.416 e. The Morgan fingerprint density at radius 3 is 2.58 bits per heavy atom. The van der Waals surface area contributed by atoms with Crippen molar-refractivity contribution in [1.29, 1.82) is 5.26 Å². The number of pyridine rings is 1. The lowest BCUT2D eigenvalue weighted by atomic mass is 9.96. The molecule has 50 heavy (non-hydrogen) atoms. The minimum absolute atomic E-state index is 0.0322. The Morgan fingerprint density at radius 1 is 1.08 bits per heavy atom. The fourth-order valence-corrected chi connectivity index (χ4v) is 7.43. The van der Waals surface area contributed by atoms with Crippen molar-refractivity contribution in [1.82, 2.24) is 24.6 Å². The van der Waals surface area contributed by atoms with Gasteiger partial charge in [-0.2, -0.15) is 18.4 Å². The number of aryl methyl sites for hydroxylation is 1. The van der Waals surface area contributed by atoms with Gasteiger partial charge in [-0.15, -0.1) is 10.2 Å². The summed E-state index contributed by atoms with van der Waals surface area (Å²) in [7, 11) is 1.74. The molecule has 0 bridgehead atoms. The first-order valence-corrected chi connectivity index (χ1v) is 16.6. The molecular weight excluding hydrogens is 655 g/mol. The van der Waals surface area contributed by atoms with E-state index in [9.17, 15) is 32.0 Å². The van der Waals surface area contributed by atoms with Gasteiger partial charge in [-0.1, -0.05) is 13.0 Å². The van der Waals surface area contributed by atoms with E-state index in [4.69, 9.17) is 0 Å². The van der Waals surface area contributed by atoms with Crippen molar-refractivity contribution in [2.24, 2.45) is 13.0 Å². The zero-order chi connectivity index (χ0) is 35.4. The van der Waals surface area contributed by atoms with Crippen LogP contribution in [-0.4, -0.2) is 55.6 Å². The van der Waals surface area contributed by atoms with Gasteiger partial charge in [0.15, 0.2) is 5.82 Å². The average molecular weight is 691 g/mol. The third kappa shape index (κ3) is 6.66. The zero-order valence-corrected chi connectivity index (χ0v) is 27.6. The third-order valence-corrected chi connectivity index (χ3v) is 9.81. The molecule has 4 heterocycles. The van der Waals surface area contributed by atoms with Gasteiger partial charge in [-0.05, 0) is 90.4 Å². The molecule has 2 fully saturated rings. The van der Waals surface area contributed by atoms with Gasteiger partial charge in [-0.3, -0.25) is 14.6 Å². The van der Waals surface area contributed by atoms with Gasteiger partial charge in [-0.25, -0.2) is 13.8 Å². The van der Waals surface area contributed by atoms with E-state index in [-0.39, 0.29) is 42.1 Å². The lowest BCUT2D eigenvalue weighted by molar-refractivity contribution is -0.138. The number of rotatable bonds is 7. The van der Waals surface area contributed by atoms with Gasteiger partial charge in [0, 0.05) is 50.1 Å². The molecule has 0 spiro atoms. The van der Waals surface area contributed by atoms with Gasteiger partial charge in [0.05, 0.1) is 23.7 Å². The molecule has 260 valence electrons. The average Bonchev–Trinajstić information content (AvgIpc) is 3.75. The van der Waals surface area contributed by atoms with E-state index in [0.717, 1.165) is 32.0 Å². The predicted octanol–water partition coefficient (Wildman–Crippen LogP) is 7.43. The molecule has 1 N–H and O–H groups in total. The van der Waals surface area contributed by atoms with Crippen molar-refractivity contribution in [2.45, 2.75) is 70.3 Å². The molecule has 2 aromatic carbocycles. The van der Waals surface area contributed by atoms with Gasteiger partial charge < -0.3 is 9.88 Å². The first-order valence-electron chi connectivity index (χ1n) is 16.6. The number of nitrogens with zero attached hydrogens (tertiary/aromatic N) is 7. The number of benzene rings is 2. The Morgan fingerprint density at radius 2 is 1.90 bits per heavy atom. The quantitative estimate of drug-likeness (QED) is 0.201. The largest absolute Gasteiger partial charge is 0.416 e. The van der Waals surface area contributed by atoms with Gasteiger partial charge in [0.1, 0.15) is 18.0 Å². The highest BCUT2D eigenvalue weighted by Gasteiger charge is 2.42. The Kier molecular flexibility index (Phi) is 8.58. The Bertz CT molecular complexity index is 2000. The molecular formula is C36H35F5N8O. The smallest absolute Gasteiger partial charge is 0.367 e. The number of carbonyl (C=O) groups excluding carboxylic acids is 1. The summed E-state index contributed by atoms with van der Waals surface area (Å²) in [6, 6.07) is 12.4. The number of piperidine rings is 1. The molecule has 1 saturated carbocycles. The van der Waals surface area contributed by atoms with Crippen molar-refractivity contribution in [3.8, 4) is 28.6 Å². The minimum Gasteiger partial charge on any atom is -0.367 e. The van der Waals surface area contributed by atoms with Crippen LogP contribution >= 0.6 is 0 Å². The van der Waals surface area contributed by atoms with E-state index in [0.29, 0.717) is 46.1 Å². The third-order valence-electron chi connectivity index (χ3n) is 9.81. The van der Waals surface area contributed by atoms with Crippen molar-refractivity contribution in [3.63, 3.8) is 0 Å². The molecule has 1 aliphatic carbocycles. The highest BCUT2D eigenvalue weighted by atomic mass is 19.4. The molecule has 2 aromatic heterocycles. The number of nitriles is 1. The van der Waals surface area contributed by atoms with Crippen LogP contribution in [0.4, 0.5) is 33.6 Å². The molecule has 14 heteroatoms. The number of aromatic nitrogens is 4. The lowest BCUT2D eigenvalue weighted by Crippen LogP contribution is -2.33. The topological polar surface area (TPSA) is 103 Å². The maximum atomic E-state index is 14.6. The summed E-state index contributed by atoms with van der Waals surface area (Å²) in [4.78, 5) is 22.0. The summed E-state index contributed by atoms with van der Waals surface area (Å²) >= 11 is 0. The fourth-order valence-electron chi connectivity index (χ4n) is 7.43. The second-order valence-corrected chi connectivity index (χ2v) is 13.7. The lowest BCUT2D eigenvalue weighted by Gasteiger charge is -2.31. The summed E-state index contributed by atoms with van der Waals surface area (Å²) < 4.78 is 73.7. The van der Waals surface area contributed by atoms with Crippen LogP contribution in [-0.2, 0) is 26.3 Å². The molecule has 1 saturated heterocycles. The molecule has 1 amide bonds.